The van der Waals surface area contributed by atoms with Gasteiger partial charge >= 0.3 is 6.03 Å². The summed E-state index contributed by atoms with van der Waals surface area (Å²) in [7, 11) is 0. The molecule has 0 aliphatic carbocycles. The Kier molecular flexibility index (Phi) is 4.57. The van der Waals surface area contributed by atoms with E-state index < -0.39 is 0 Å². The van der Waals surface area contributed by atoms with Crippen LogP contribution in [-0.4, -0.2) is 42.0 Å². The molecule has 0 saturated carbocycles. The topological polar surface area (TPSA) is 48.7 Å². The highest BCUT2D eigenvalue weighted by Gasteiger charge is 2.21. The maximum absolute atomic E-state index is 12.1. The molecule has 1 saturated heterocycles. The summed E-state index contributed by atoms with van der Waals surface area (Å²) in [4.78, 5) is 16.3. The van der Waals surface area contributed by atoms with Crippen LogP contribution in [0.2, 0.25) is 0 Å². The summed E-state index contributed by atoms with van der Waals surface area (Å²) in [5, 5.41) is 7.18. The van der Waals surface area contributed by atoms with E-state index in [1.807, 2.05) is 17.0 Å². The first-order valence-corrected chi connectivity index (χ1v) is 8.04. The van der Waals surface area contributed by atoms with Gasteiger partial charge in [0.25, 0.3) is 0 Å². The van der Waals surface area contributed by atoms with Crippen molar-refractivity contribution in [3.8, 4) is 0 Å². The normalized spacial score (nSPS) is 16.1. The van der Waals surface area contributed by atoms with Crippen molar-refractivity contribution in [2.45, 2.75) is 13.1 Å². The molecule has 1 N–H and O–H groups in total. The van der Waals surface area contributed by atoms with Crippen molar-refractivity contribution < 1.29 is 9.21 Å². The molecule has 5 nitrogen and oxygen atoms in total. The lowest BCUT2D eigenvalue weighted by molar-refractivity contribution is 0.135. The zero-order valence-electron chi connectivity index (χ0n) is 11.8. The summed E-state index contributed by atoms with van der Waals surface area (Å²) in [6, 6.07) is 5.83. The number of amides is 2. The van der Waals surface area contributed by atoms with E-state index >= 15 is 0 Å². The van der Waals surface area contributed by atoms with Crippen LogP contribution in [0.15, 0.2) is 39.6 Å². The second kappa shape index (κ2) is 6.78. The first-order chi connectivity index (χ1) is 10.3. The number of nitrogens with one attached hydrogen (secondary N) is 1. The predicted octanol–water partition coefficient (Wildman–Crippen LogP) is 2.37. The standard InChI is InChI=1S/C15H19N3O2S/c19-15(16-10-14-2-1-8-20-14)18-6-4-17(5-7-18)11-13-3-9-21-12-13/h1-3,8-9,12H,4-7,10-11H2,(H,16,19). The molecule has 3 rings (SSSR count). The van der Waals surface area contributed by atoms with Crippen LogP contribution in [0.5, 0.6) is 0 Å². The van der Waals surface area contributed by atoms with Crippen LogP contribution in [0.3, 0.4) is 0 Å². The molecule has 112 valence electrons. The summed E-state index contributed by atoms with van der Waals surface area (Å²) in [6.07, 6.45) is 1.62. The minimum atomic E-state index is -0.0124. The van der Waals surface area contributed by atoms with Crippen LogP contribution in [0.25, 0.3) is 0 Å². The smallest absolute Gasteiger partial charge is 0.317 e. The molecular weight excluding hydrogens is 286 g/mol. The van der Waals surface area contributed by atoms with Gasteiger partial charge in [0, 0.05) is 32.7 Å². The number of carbonyl (C=O) groups is 1. The van der Waals surface area contributed by atoms with E-state index in [-0.39, 0.29) is 6.03 Å². The van der Waals surface area contributed by atoms with Crippen molar-refractivity contribution in [1.82, 2.24) is 15.1 Å². The summed E-state index contributed by atoms with van der Waals surface area (Å²) in [6.45, 7) is 4.81. The Balaban J connectivity index is 1.41. The zero-order chi connectivity index (χ0) is 14.5. The van der Waals surface area contributed by atoms with Crippen LogP contribution >= 0.6 is 11.3 Å². The third kappa shape index (κ3) is 3.86. The molecule has 1 fully saturated rings. The Hall–Kier alpha value is -1.79. The number of thiophene rings is 1. The molecule has 6 heteroatoms. The lowest BCUT2D eigenvalue weighted by atomic mass is 10.2. The summed E-state index contributed by atoms with van der Waals surface area (Å²) in [5.74, 6) is 0.777. The maximum Gasteiger partial charge on any atom is 0.317 e. The van der Waals surface area contributed by atoms with Crippen molar-refractivity contribution >= 4 is 17.4 Å². The van der Waals surface area contributed by atoms with E-state index in [2.05, 4.69) is 27.0 Å². The highest BCUT2D eigenvalue weighted by atomic mass is 32.1. The van der Waals surface area contributed by atoms with Crippen LogP contribution in [0.4, 0.5) is 4.79 Å². The fourth-order valence-corrected chi connectivity index (χ4v) is 3.10. The molecule has 2 amide bonds. The van der Waals surface area contributed by atoms with Crippen LogP contribution in [-0.2, 0) is 13.1 Å². The van der Waals surface area contributed by atoms with Crippen molar-refractivity contribution in [2.75, 3.05) is 26.2 Å². The van der Waals surface area contributed by atoms with Gasteiger partial charge in [0.2, 0.25) is 0 Å². The largest absolute Gasteiger partial charge is 0.467 e. The van der Waals surface area contributed by atoms with E-state index in [4.69, 9.17) is 4.42 Å². The SMILES string of the molecule is O=C(NCc1ccco1)N1CCN(Cc2ccsc2)CC1. The van der Waals surface area contributed by atoms with Gasteiger partial charge in [-0.1, -0.05) is 0 Å². The van der Waals surface area contributed by atoms with Gasteiger partial charge in [-0.2, -0.15) is 11.3 Å². The van der Waals surface area contributed by atoms with Crippen molar-refractivity contribution in [2.24, 2.45) is 0 Å². The number of hydrogen-bond acceptors (Lipinski definition) is 4. The van der Waals surface area contributed by atoms with E-state index in [1.54, 1.807) is 17.6 Å². The van der Waals surface area contributed by atoms with Gasteiger partial charge in [-0.15, -0.1) is 0 Å². The van der Waals surface area contributed by atoms with Gasteiger partial charge < -0.3 is 14.6 Å². The molecule has 0 unspecified atom stereocenters. The van der Waals surface area contributed by atoms with Crippen molar-refractivity contribution in [3.05, 3.63) is 46.5 Å². The third-order valence-electron chi connectivity index (χ3n) is 3.64. The second-order valence-corrected chi connectivity index (χ2v) is 5.91. The lowest BCUT2D eigenvalue weighted by Gasteiger charge is -2.34. The zero-order valence-corrected chi connectivity index (χ0v) is 12.6. The van der Waals surface area contributed by atoms with Gasteiger partial charge in [0.15, 0.2) is 0 Å². The molecule has 0 spiro atoms. The fourth-order valence-electron chi connectivity index (χ4n) is 2.44. The van der Waals surface area contributed by atoms with Gasteiger partial charge in [0.05, 0.1) is 12.8 Å². The number of piperazine rings is 1. The molecule has 0 radical (unpaired) electrons. The van der Waals surface area contributed by atoms with E-state index in [0.29, 0.717) is 6.54 Å². The first-order valence-electron chi connectivity index (χ1n) is 7.10. The molecule has 1 aliphatic rings. The Labute approximate surface area is 128 Å². The number of nitrogens with zero attached hydrogens (tertiary/aromatic N) is 2. The molecule has 3 heterocycles. The van der Waals surface area contributed by atoms with Crippen LogP contribution < -0.4 is 5.32 Å². The number of carbonyl (C=O) groups excluding carboxylic acids is 1. The van der Waals surface area contributed by atoms with Crippen LogP contribution in [0, 0.1) is 0 Å². The average Bonchev–Trinajstić information content (AvgIpc) is 3.19. The minimum absolute atomic E-state index is 0.0124. The molecule has 0 atom stereocenters. The Morgan fingerprint density at radius 1 is 1.29 bits per heavy atom. The summed E-state index contributed by atoms with van der Waals surface area (Å²) >= 11 is 1.73. The van der Waals surface area contributed by atoms with Gasteiger partial charge in [-0.3, -0.25) is 4.90 Å². The molecule has 0 bridgehead atoms. The lowest BCUT2D eigenvalue weighted by Crippen LogP contribution is -2.51. The van der Waals surface area contributed by atoms with Gasteiger partial charge in [-0.25, -0.2) is 4.79 Å². The Morgan fingerprint density at radius 3 is 2.81 bits per heavy atom. The van der Waals surface area contributed by atoms with Crippen molar-refractivity contribution in [1.29, 1.82) is 0 Å². The minimum Gasteiger partial charge on any atom is -0.467 e. The number of rotatable bonds is 4. The van der Waals surface area contributed by atoms with Crippen molar-refractivity contribution in [3.63, 3.8) is 0 Å². The molecule has 21 heavy (non-hydrogen) atoms. The predicted molar refractivity (Wildman–Crippen MR) is 82.1 cm³/mol. The highest BCUT2D eigenvalue weighted by Crippen LogP contribution is 2.11. The monoisotopic (exact) mass is 305 g/mol. The molecule has 2 aromatic heterocycles. The van der Waals surface area contributed by atoms with Gasteiger partial charge in [0.1, 0.15) is 5.76 Å². The number of hydrogen-bond donors (Lipinski definition) is 1. The van der Waals surface area contributed by atoms with Gasteiger partial charge in [-0.05, 0) is 34.5 Å². The van der Waals surface area contributed by atoms with E-state index in [0.717, 1.165) is 38.5 Å². The Morgan fingerprint density at radius 2 is 2.14 bits per heavy atom. The van der Waals surface area contributed by atoms with Crippen LogP contribution in [0.1, 0.15) is 11.3 Å². The first kappa shape index (κ1) is 14.2. The number of furan rings is 1. The average molecular weight is 305 g/mol. The number of urea groups is 1. The Bertz CT molecular complexity index is 546. The fraction of sp³-hybridized carbons (Fsp3) is 0.400. The molecule has 1 aliphatic heterocycles. The third-order valence-corrected chi connectivity index (χ3v) is 4.37. The second-order valence-electron chi connectivity index (χ2n) is 5.13. The van der Waals surface area contributed by atoms with E-state index in [1.165, 1.54) is 5.56 Å². The van der Waals surface area contributed by atoms with E-state index in [9.17, 15) is 4.79 Å². The molecular formula is C15H19N3O2S. The summed E-state index contributed by atoms with van der Waals surface area (Å²) in [5.41, 5.74) is 1.36. The quantitative estimate of drug-likeness (QED) is 0.943. The molecule has 0 aromatic carbocycles. The maximum atomic E-state index is 12.1. The molecule has 2 aromatic rings. The highest BCUT2D eigenvalue weighted by molar-refractivity contribution is 7.07. The summed E-state index contributed by atoms with van der Waals surface area (Å²) < 4.78 is 5.21.